The Kier molecular flexibility index (Phi) is 6.44. The van der Waals surface area contributed by atoms with Crippen LogP contribution in [0.15, 0.2) is 29.4 Å². The second-order valence-electron chi connectivity index (χ2n) is 6.18. The topological polar surface area (TPSA) is 54.4 Å². The third-order valence-electron chi connectivity index (χ3n) is 4.64. The molecule has 0 aliphatic heterocycles. The van der Waals surface area contributed by atoms with Crippen molar-refractivity contribution in [2.24, 2.45) is 4.99 Å². The molecule has 1 aromatic carbocycles. The molecule has 0 radical (unpaired) electrons. The van der Waals surface area contributed by atoms with E-state index in [4.69, 9.17) is 9.47 Å². The molecule has 0 heterocycles. The van der Waals surface area contributed by atoms with Gasteiger partial charge in [0.2, 0.25) is 0 Å². The zero-order valence-electron chi connectivity index (χ0n) is 15.5. The Bertz CT molecular complexity index is 651. The molecule has 0 spiro atoms. The molecule has 6 heteroatoms. The number of ether oxygens (including phenoxy) is 2. The van der Waals surface area contributed by atoms with E-state index < -0.39 is 0 Å². The molecule has 0 aromatic heterocycles. The third-order valence-corrected chi connectivity index (χ3v) is 4.64. The summed E-state index contributed by atoms with van der Waals surface area (Å²) in [7, 11) is 6.77. The number of nitrogens with zero attached hydrogens (tertiary/aromatic N) is 3. The molecule has 0 unspecified atom stereocenters. The molecule has 136 valence electrons. The normalized spacial score (nSPS) is 15.0. The second-order valence-corrected chi connectivity index (χ2v) is 6.18. The van der Waals surface area contributed by atoms with Crippen molar-refractivity contribution in [1.82, 2.24) is 9.80 Å². The number of methoxy groups -OCH3 is 2. The summed E-state index contributed by atoms with van der Waals surface area (Å²) < 4.78 is 10.6. The molecule has 0 bridgehead atoms. The van der Waals surface area contributed by atoms with E-state index >= 15 is 0 Å². The number of aliphatic imine (C=N–C) groups is 1. The molecular formula is C19H27N3O3. The van der Waals surface area contributed by atoms with Gasteiger partial charge in [-0.2, -0.15) is 0 Å². The lowest BCUT2D eigenvalue weighted by molar-refractivity contribution is 0.169. The van der Waals surface area contributed by atoms with Crippen molar-refractivity contribution < 1.29 is 14.3 Å². The Morgan fingerprint density at radius 2 is 1.84 bits per heavy atom. The van der Waals surface area contributed by atoms with Crippen molar-refractivity contribution in [3.63, 3.8) is 0 Å². The molecule has 1 aliphatic carbocycles. The number of urea groups is 1. The fourth-order valence-electron chi connectivity index (χ4n) is 3.14. The highest BCUT2D eigenvalue weighted by Crippen LogP contribution is 2.31. The largest absolute Gasteiger partial charge is 0.493 e. The molecule has 1 aromatic rings. The van der Waals surface area contributed by atoms with Crippen LogP contribution >= 0.6 is 0 Å². The molecule has 0 saturated heterocycles. The number of hydrogen-bond donors (Lipinski definition) is 0. The van der Waals surface area contributed by atoms with Gasteiger partial charge in [0.05, 0.1) is 19.9 Å². The Hall–Kier alpha value is -2.50. The molecule has 2 rings (SSSR count). The summed E-state index contributed by atoms with van der Waals surface area (Å²) in [6.45, 7) is 3.63. The van der Waals surface area contributed by atoms with E-state index in [1.54, 1.807) is 38.4 Å². The van der Waals surface area contributed by atoms with Gasteiger partial charge in [-0.1, -0.05) is 12.8 Å². The minimum Gasteiger partial charge on any atom is -0.493 e. The lowest BCUT2D eigenvalue weighted by Gasteiger charge is -2.28. The zero-order chi connectivity index (χ0) is 18.4. The van der Waals surface area contributed by atoms with Crippen molar-refractivity contribution in [3.05, 3.63) is 30.0 Å². The van der Waals surface area contributed by atoms with Crippen LogP contribution in [0.4, 0.5) is 4.79 Å². The van der Waals surface area contributed by atoms with Gasteiger partial charge in [-0.3, -0.25) is 4.99 Å². The first-order chi connectivity index (χ1) is 12.0. The first kappa shape index (κ1) is 18.8. The van der Waals surface area contributed by atoms with Crippen LogP contribution in [0.25, 0.3) is 5.70 Å². The predicted molar refractivity (Wildman–Crippen MR) is 100 cm³/mol. The first-order valence-electron chi connectivity index (χ1n) is 8.42. The molecule has 2 amide bonds. The number of carbonyl (C=O) groups excluding carboxylic acids is 1. The monoisotopic (exact) mass is 345 g/mol. The summed E-state index contributed by atoms with van der Waals surface area (Å²) in [5.74, 6) is 1.24. The van der Waals surface area contributed by atoms with Crippen LogP contribution in [0.5, 0.6) is 11.5 Å². The summed E-state index contributed by atoms with van der Waals surface area (Å²) in [6.07, 6.45) is 6.21. The molecule has 1 saturated carbocycles. The maximum atomic E-state index is 12.6. The average molecular weight is 345 g/mol. The van der Waals surface area contributed by atoms with Gasteiger partial charge in [-0.05, 0) is 37.8 Å². The average Bonchev–Trinajstić information content (AvgIpc) is 3.18. The second kappa shape index (κ2) is 8.55. The number of hydrogen-bond acceptors (Lipinski definition) is 4. The van der Waals surface area contributed by atoms with Gasteiger partial charge in [-0.25, -0.2) is 4.79 Å². The summed E-state index contributed by atoms with van der Waals surface area (Å²) in [6, 6.07) is 5.76. The summed E-state index contributed by atoms with van der Waals surface area (Å²) >= 11 is 0. The van der Waals surface area contributed by atoms with E-state index in [9.17, 15) is 4.79 Å². The molecule has 25 heavy (non-hydrogen) atoms. The number of rotatable bonds is 6. The van der Waals surface area contributed by atoms with Crippen molar-refractivity contribution in [3.8, 4) is 11.5 Å². The molecular weight excluding hydrogens is 318 g/mol. The van der Waals surface area contributed by atoms with Gasteiger partial charge < -0.3 is 19.3 Å². The highest BCUT2D eigenvalue weighted by molar-refractivity contribution is 5.78. The van der Waals surface area contributed by atoms with Crippen LogP contribution in [0.1, 0.15) is 31.2 Å². The van der Waals surface area contributed by atoms with Crippen molar-refractivity contribution >= 4 is 18.4 Å². The highest BCUT2D eigenvalue weighted by atomic mass is 16.5. The molecule has 6 nitrogen and oxygen atoms in total. The van der Waals surface area contributed by atoms with Crippen molar-refractivity contribution in [2.45, 2.75) is 31.7 Å². The quantitative estimate of drug-likeness (QED) is 0.740. The maximum Gasteiger partial charge on any atom is 0.323 e. The van der Waals surface area contributed by atoms with Crippen LogP contribution < -0.4 is 9.47 Å². The smallest absolute Gasteiger partial charge is 0.323 e. The minimum atomic E-state index is -0.0477. The fraction of sp³-hybridized carbons (Fsp3) is 0.474. The SMILES string of the molecule is C=NC(=CN(C)C(=O)N(C)C1CCCC1)c1ccc(OC)c(OC)c1. The predicted octanol–water partition coefficient (Wildman–Crippen LogP) is 3.63. The Balaban J connectivity index is 2.20. The van der Waals surface area contributed by atoms with E-state index in [0.717, 1.165) is 18.4 Å². The zero-order valence-corrected chi connectivity index (χ0v) is 15.5. The fourth-order valence-corrected chi connectivity index (χ4v) is 3.14. The van der Waals surface area contributed by atoms with Gasteiger partial charge in [0, 0.05) is 31.9 Å². The third kappa shape index (κ3) is 4.32. The Morgan fingerprint density at radius 1 is 1.20 bits per heavy atom. The standard InChI is InChI=1S/C19H27N3O3/c1-20-16(14-10-11-17(24-4)18(12-14)25-5)13-21(2)19(23)22(3)15-8-6-7-9-15/h10-13,15H,1,6-9H2,2-5H3. The summed E-state index contributed by atoms with van der Waals surface area (Å²) in [5.41, 5.74) is 1.40. The van der Waals surface area contributed by atoms with E-state index in [-0.39, 0.29) is 6.03 Å². The Labute approximate surface area is 149 Å². The van der Waals surface area contributed by atoms with E-state index in [1.165, 1.54) is 12.8 Å². The van der Waals surface area contributed by atoms with Crippen LogP contribution in [0, 0.1) is 0 Å². The molecule has 0 N–H and O–H groups in total. The van der Waals surface area contributed by atoms with Crippen LogP contribution in [-0.4, -0.2) is 56.9 Å². The van der Waals surface area contributed by atoms with E-state index in [2.05, 4.69) is 11.7 Å². The van der Waals surface area contributed by atoms with Gasteiger partial charge in [0.15, 0.2) is 11.5 Å². The van der Waals surface area contributed by atoms with Crippen molar-refractivity contribution in [2.75, 3.05) is 28.3 Å². The van der Waals surface area contributed by atoms with E-state index in [1.807, 2.05) is 24.1 Å². The minimum absolute atomic E-state index is 0.0477. The maximum absolute atomic E-state index is 12.6. The number of amides is 2. The van der Waals surface area contributed by atoms with Gasteiger partial charge in [-0.15, -0.1) is 0 Å². The first-order valence-corrected chi connectivity index (χ1v) is 8.42. The Morgan fingerprint density at radius 3 is 2.40 bits per heavy atom. The molecule has 1 aliphatic rings. The van der Waals surface area contributed by atoms with Crippen LogP contribution in [-0.2, 0) is 0 Å². The van der Waals surface area contributed by atoms with E-state index in [0.29, 0.717) is 23.2 Å². The summed E-state index contributed by atoms with van der Waals surface area (Å²) in [5, 5.41) is 0. The lowest BCUT2D eigenvalue weighted by atomic mass is 10.1. The number of carbonyl (C=O) groups is 1. The van der Waals surface area contributed by atoms with Gasteiger partial charge in [0.25, 0.3) is 0 Å². The van der Waals surface area contributed by atoms with Crippen LogP contribution in [0.2, 0.25) is 0 Å². The van der Waals surface area contributed by atoms with Crippen LogP contribution in [0.3, 0.4) is 0 Å². The lowest BCUT2D eigenvalue weighted by Crippen LogP contribution is -2.41. The number of benzene rings is 1. The highest BCUT2D eigenvalue weighted by Gasteiger charge is 2.25. The summed E-state index contributed by atoms with van der Waals surface area (Å²) in [4.78, 5) is 20.1. The molecule has 1 fully saturated rings. The molecule has 0 atom stereocenters. The van der Waals surface area contributed by atoms with Gasteiger partial charge in [0.1, 0.15) is 0 Å². The van der Waals surface area contributed by atoms with Crippen molar-refractivity contribution in [1.29, 1.82) is 0 Å². The van der Waals surface area contributed by atoms with Gasteiger partial charge >= 0.3 is 6.03 Å².